The first-order valence-electron chi connectivity index (χ1n) is 13.0. The van der Waals surface area contributed by atoms with E-state index < -0.39 is 12.1 Å². The van der Waals surface area contributed by atoms with E-state index in [1.54, 1.807) is 7.05 Å². The summed E-state index contributed by atoms with van der Waals surface area (Å²) in [5.74, 6) is 1.29. The lowest BCUT2D eigenvalue weighted by atomic mass is 10.1. The zero-order valence-corrected chi connectivity index (χ0v) is 23.4. The number of rotatable bonds is 10. The number of carboxylic acid groups (broad SMARTS) is 1. The van der Waals surface area contributed by atoms with E-state index in [1.165, 1.54) is 45.8 Å². The van der Waals surface area contributed by atoms with Crippen LogP contribution in [0.3, 0.4) is 0 Å². The van der Waals surface area contributed by atoms with Crippen LogP contribution in [-0.4, -0.2) is 44.5 Å². The van der Waals surface area contributed by atoms with Crippen LogP contribution in [0.2, 0.25) is 0 Å². The molecule has 1 aliphatic carbocycles. The van der Waals surface area contributed by atoms with Gasteiger partial charge in [0.15, 0.2) is 6.10 Å². The number of benzene rings is 1. The van der Waals surface area contributed by atoms with Crippen molar-refractivity contribution in [2.24, 2.45) is 5.92 Å². The van der Waals surface area contributed by atoms with E-state index in [4.69, 9.17) is 14.3 Å². The van der Waals surface area contributed by atoms with Crippen molar-refractivity contribution in [3.05, 3.63) is 59.7 Å². The van der Waals surface area contributed by atoms with Crippen LogP contribution < -0.4 is 10.1 Å². The molecule has 7 heteroatoms. The Morgan fingerprint density at radius 2 is 1.86 bits per heavy atom. The summed E-state index contributed by atoms with van der Waals surface area (Å²) in [6.45, 7) is 10.5. The molecule has 2 aromatic rings. The summed E-state index contributed by atoms with van der Waals surface area (Å²) in [6, 6.07) is 8.01. The molecular weight excluding hydrogens is 473 g/mol. The lowest BCUT2D eigenvalue weighted by Crippen LogP contribution is -2.32. The van der Waals surface area contributed by atoms with E-state index in [1.807, 2.05) is 64.1 Å². The molecule has 1 atom stereocenters. The lowest BCUT2D eigenvalue weighted by molar-refractivity contribution is -0.148. The van der Waals surface area contributed by atoms with Gasteiger partial charge in [0.25, 0.3) is 0 Å². The average Bonchev–Trinajstić information content (AvgIpc) is 3.55. The summed E-state index contributed by atoms with van der Waals surface area (Å²) >= 11 is 0. The van der Waals surface area contributed by atoms with Crippen LogP contribution in [-0.2, 0) is 9.53 Å². The van der Waals surface area contributed by atoms with Crippen LogP contribution in [0.4, 0.5) is 4.39 Å². The van der Waals surface area contributed by atoms with Crippen LogP contribution in [0, 0.1) is 5.92 Å². The maximum atomic E-state index is 12.9. The van der Waals surface area contributed by atoms with Crippen molar-refractivity contribution in [1.29, 1.82) is 0 Å². The van der Waals surface area contributed by atoms with Gasteiger partial charge in [-0.05, 0) is 88.1 Å². The van der Waals surface area contributed by atoms with Gasteiger partial charge in [0, 0.05) is 19.0 Å². The molecule has 1 fully saturated rings. The Balaban J connectivity index is 0.000000529. The van der Waals surface area contributed by atoms with Crippen LogP contribution in [0.1, 0.15) is 66.1 Å². The molecule has 0 radical (unpaired) electrons. The number of carboxylic acids is 1. The van der Waals surface area contributed by atoms with Gasteiger partial charge >= 0.3 is 5.97 Å². The number of carbonyl (C=O) groups is 1. The van der Waals surface area contributed by atoms with Crippen molar-refractivity contribution in [3.63, 3.8) is 0 Å². The highest BCUT2D eigenvalue weighted by Crippen LogP contribution is 2.29. The van der Waals surface area contributed by atoms with Crippen molar-refractivity contribution in [3.8, 4) is 5.75 Å². The molecule has 3 rings (SSSR count). The fraction of sp³-hybridized carbons (Fsp3) is 0.500. The fourth-order valence-corrected chi connectivity index (χ4v) is 3.85. The molecule has 0 amide bonds. The number of hydrogen-bond donors (Lipinski definition) is 2. The van der Waals surface area contributed by atoms with Gasteiger partial charge in [0.05, 0.1) is 12.4 Å². The number of hydrogen-bond acceptors (Lipinski definition) is 5. The largest absolute Gasteiger partial charge is 0.493 e. The number of methoxy groups -OCH3 is 1. The molecule has 1 aromatic heterocycles. The van der Waals surface area contributed by atoms with Gasteiger partial charge in [-0.1, -0.05) is 38.8 Å². The molecular formula is C30H44FNO5. The SMILES string of the molecule is CC.CC(=C/C=C(\C)c1cc2cc(OCC3CCCC3)ccc2o1)/C=C(\C)F.CNCC(OC)C(=O)O. The third-order valence-corrected chi connectivity index (χ3v) is 5.81. The van der Waals surface area contributed by atoms with Crippen LogP contribution >= 0.6 is 0 Å². The summed E-state index contributed by atoms with van der Waals surface area (Å²) in [5.41, 5.74) is 2.71. The molecule has 0 spiro atoms. The summed E-state index contributed by atoms with van der Waals surface area (Å²) in [7, 11) is 3.05. The summed E-state index contributed by atoms with van der Waals surface area (Å²) < 4.78 is 29.4. The van der Waals surface area contributed by atoms with Crippen molar-refractivity contribution >= 4 is 22.5 Å². The number of nitrogens with one attached hydrogen (secondary N) is 1. The molecule has 1 aromatic carbocycles. The summed E-state index contributed by atoms with van der Waals surface area (Å²) in [4.78, 5) is 10.2. The van der Waals surface area contributed by atoms with Crippen LogP contribution in [0.25, 0.3) is 16.5 Å². The number of ether oxygens (including phenoxy) is 2. The monoisotopic (exact) mass is 517 g/mol. The van der Waals surface area contributed by atoms with Gasteiger partial charge in [0.2, 0.25) is 0 Å². The minimum atomic E-state index is -0.938. The molecule has 0 saturated heterocycles. The van der Waals surface area contributed by atoms with Crippen molar-refractivity contribution in [2.75, 3.05) is 27.3 Å². The Bertz CT molecular complexity index is 1040. The van der Waals surface area contributed by atoms with E-state index in [0.29, 0.717) is 12.5 Å². The maximum absolute atomic E-state index is 12.9. The van der Waals surface area contributed by atoms with E-state index in [2.05, 4.69) is 10.1 Å². The first-order chi connectivity index (χ1) is 17.7. The number of furan rings is 1. The van der Waals surface area contributed by atoms with Gasteiger partial charge in [-0.2, -0.15) is 0 Å². The molecule has 1 aliphatic rings. The number of likely N-dealkylation sites (N-methyl/N-ethyl adjacent to an activating group) is 1. The second kappa shape index (κ2) is 17.5. The topological polar surface area (TPSA) is 80.9 Å². The molecule has 0 bridgehead atoms. The highest BCUT2D eigenvalue weighted by molar-refractivity contribution is 5.83. The highest BCUT2D eigenvalue weighted by Gasteiger charge is 2.16. The van der Waals surface area contributed by atoms with Crippen molar-refractivity contribution in [2.45, 2.75) is 66.4 Å². The number of aliphatic carboxylic acids is 1. The molecule has 2 N–H and O–H groups in total. The quantitative estimate of drug-likeness (QED) is 0.317. The third kappa shape index (κ3) is 11.8. The number of allylic oxidation sites excluding steroid dienone is 6. The van der Waals surface area contributed by atoms with Gasteiger partial charge in [-0.15, -0.1) is 0 Å². The van der Waals surface area contributed by atoms with E-state index in [9.17, 15) is 9.18 Å². The Morgan fingerprint density at radius 3 is 2.41 bits per heavy atom. The minimum Gasteiger partial charge on any atom is -0.493 e. The van der Waals surface area contributed by atoms with Crippen molar-refractivity contribution < 1.29 is 28.2 Å². The lowest BCUT2D eigenvalue weighted by Gasteiger charge is -2.11. The van der Waals surface area contributed by atoms with Crippen LogP contribution in [0.15, 0.2) is 58.3 Å². The summed E-state index contributed by atoms with van der Waals surface area (Å²) in [6.07, 6.45) is 9.85. The zero-order valence-electron chi connectivity index (χ0n) is 23.4. The molecule has 1 unspecified atom stereocenters. The first-order valence-corrected chi connectivity index (χ1v) is 13.0. The van der Waals surface area contributed by atoms with Crippen molar-refractivity contribution in [1.82, 2.24) is 5.32 Å². The second-order valence-electron chi connectivity index (χ2n) is 8.88. The highest BCUT2D eigenvalue weighted by atomic mass is 19.1. The predicted octanol–water partition coefficient (Wildman–Crippen LogP) is 7.56. The van der Waals surface area contributed by atoms with Gasteiger partial charge in [-0.25, -0.2) is 9.18 Å². The zero-order chi connectivity index (χ0) is 27.8. The standard InChI is InChI=1S/C23H27FO2.C5H11NO3.C2H6/c1-16(12-18(3)24)8-9-17(2)23-14-20-13-21(10-11-22(20)26-23)25-15-19-6-4-5-7-19;1-6-3-4(9-2)5(7)8;1-2/h8-14,19H,4-7,15H2,1-3H3;4,6H,3H2,1-2H3,(H,7,8);1-2H3/b16-8-,17-9+,18-12+;;. The Hall–Kier alpha value is -2.90. The van der Waals surface area contributed by atoms with E-state index in [0.717, 1.165) is 40.2 Å². The Morgan fingerprint density at radius 1 is 1.19 bits per heavy atom. The third-order valence-electron chi connectivity index (χ3n) is 5.81. The Labute approximate surface area is 221 Å². The van der Waals surface area contributed by atoms with E-state index in [-0.39, 0.29) is 5.83 Å². The fourth-order valence-electron chi connectivity index (χ4n) is 3.85. The number of halogens is 1. The smallest absolute Gasteiger partial charge is 0.334 e. The van der Waals surface area contributed by atoms with Gasteiger partial charge in [0.1, 0.15) is 17.1 Å². The van der Waals surface area contributed by atoms with Gasteiger partial charge in [-0.3, -0.25) is 0 Å². The molecule has 1 heterocycles. The molecule has 37 heavy (non-hydrogen) atoms. The normalized spacial score (nSPS) is 15.5. The second-order valence-corrected chi connectivity index (χ2v) is 8.88. The average molecular weight is 518 g/mol. The van der Waals surface area contributed by atoms with E-state index >= 15 is 0 Å². The minimum absolute atomic E-state index is 0.196. The number of fused-ring (bicyclic) bond motifs is 1. The molecule has 0 aliphatic heterocycles. The summed E-state index contributed by atoms with van der Waals surface area (Å²) in [5, 5.41) is 12.1. The molecule has 6 nitrogen and oxygen atoms in total. The molecule has 1 saturated carbocycles. The molecule has 206 valence electrons. The first kappa shape index (κ1) is 32.1. The Kier molecular flexibility index (Phi) is 15.2. The predicted molar refractivity (Wildman–Crippen MR) is 150 cm³/mol. The van der Waals surface area contributed by atoms with Gasteiger partial charge < -0.3 is 24.3 Å². The maximum Gasteiger partial charge on any atom is 0.334 e. The van der Waals surface area contributed by atoms with Crippen LogP contribution in [0.5, 0.6) is 5.75 Å².